The van der Waals surface area contributed by atoms with Gasteiger partial charge in [-0.1, -0.05) is 43.5 Å². The van der Waals surface area contributed by atoms with Crippen molar-refractivity contribution in [1.82, 2.24) is 0 Å². The smallest absolute Gasteiger partial charge is 0.0739 e. The van der Waals surface area contributed by atoms with Crippen LogP contribution in [0, 0.1) is 6.92 Å². The zero-order valence-electron chi connectivity index (χ0n) is 8.81. The maximum absolute atomic E-state index is 6.06. The van der Waals surface area contributed by atoms with Gasteiger partial charge in [0.1, 0.15) is 0 Å². The summed E-state index contributed by atoms with van der Waals surface area (Å²) in [5.41, 5.74) is 1.15. The van der Waals surface area contributed by atoms with Crippen molar-refractivity contribution >= 4 is 70.7 Å². The zero-order valence-corrected chi connectivity index (χ0v) is 15.1. The lowest BCUT2D eigenvalue weighted by molar-refractivity contribution is 1.22. The molecule has 0 aliphatic heterocycles. The van der Waals surface area contributed by atoms with Crippen molar-refractivity contribution in [3.8, 4) is 0 Å². The van der Waals surface area contributed by atoms with Crippen LogP contribution in [-0.4, -0.2) is 0 Å². The second-order valence-electron chi connectivity index (χ2n) is 3.62. The first-order chi connectivity index (χ1) is 7.97. The summed E-state index contributed by atoms with van der Waals surface area (Å²) in [6.07, 6.45) is 0. The van der Waals surface area contributed by atoms with Crippen LogP contribution in [0.3, 0.4) is 0 Å². The van der Waals surface area contributed by atoms with Gasteiger partial charge in [-0.25, -0.2) is 0 Å². The van der Waals surface area contributed by atoms with E-state index in [2.05, 4.69) is 66.8 Å². The summed E-state index contributed by atoms with van der Waals surface area (Å²) in [7, 11) is 0. The van der Waals surface area contributed by atoms with E-state index in [0.717, 1.165) is 19.5 Å². The van der Waals surface area contributed by atoms with Gasteiger partial charge >= 0.3 is 0 Å². The molecule has 0 amide bonds. The van der Waals surface area contributed by atoms with Crippen molar-refractivity contribution in [3.05, 3.63) is 53.6 Å². The van der Waals surface area contributed by atoms with Gasteiger partial charge in [-0.2, -0.15) is 0 Å². The number of alkyl halides is 1. The third-order valence-electron chi connectivity index (χ3n) is 2.30. The largest absolute Gasteiger partial charge is 0.143 e. The minimum atomic E-state index is 0.174. The number of thiophene rings is 1. The Morgan fingerprint density at radius 2 is 1.88 bits per heavy atom. The molecule has 1 heterocycles. The molecule has 2 aromatic rings. The Balaban J connectivity index is 2.39. The van der Waals surface area contributed by atoms with Crippen LogP contribution in [0.2, 0.25) is 5.02 Å². The van der Waals surface area contributed by atoms with Crippen molar-refractivity contribution in [2.45, 2.75) is 11.8 Å². The van der Waals surface area contributed by atoms with E-state index in [4.69, 9.17) is 11.6 Å². The maximum atomic E-state index is 6.06. The number of benzene rings is 1. The molecular weight excluding hydrogens is 451 g/mol. The summed E-state index contributed by atoms with van der Waals surface area (Å²) in [6.45, 7) is 2.10. The van der Waals surface area contributed by atoms with Crippen molar-refractivity contribution in [2.75, 3.05) is 0 Å². The van der Waals surface area contributed by atoms with Crippen molar-refractivity contribution in [3.63, 3.8) is 0 Å². The van der Waals surface area contributed by atoms with Crippen molar-refractivity contribution in [2.24, 2.45) is 0 Å². The molecule has 0 bridgehead atoms. The van der Waals surface area contributed by atoms with Gasteiger partial charge in [-0.05, 0) is 52.7 Å². The van der Waals surface area contributed by atoms with Gasteiger partial charge in [-0.3, -0.25) is 0 Å². The highest BCUT2D eigenvalue weighted by atomic mass is 79.9. The van der Waals surface area contributed by atoms with E-state index >= 15 is 0 Å². The normalized spacial score (nSPS) is 12.8. The zero-order chi connectivity index (χ0) is 12.6. The Bertz CT molecular complexity index is 511. The fourth-order valence-electron chi connectivity index (χ4n) is 1.49. The summed E-state index contributed by atoms with van der Waals surface area (Å²) in [4.78, 5) is 2.72. The standard InChI is InChI=1S/C12H8Br3ClS/c1-6-10(14)5-11(17-6)12(15)7-2-8(13)4-9(16)3-7/h2-5,12H,1H3. The van der Waals surface area contributed by atoms with Crippen LogP contribution in [0.5, 0.6) is 0 Å². The average molecular weight is 459 g/mol. The van der Waals surface area contributed by atoms with Gasteiger partial charge in [-0.15, -0.1) is 11.3 Å². The Labute approximate surface area is 135 Å². The van der Waals surface area contributed by atoms with Crippen LogP contribution in [0.4, 0.5) is 0 Å². The van der Waals surface area contributed by atoms with E-state index < -0.39 is 0 Å². The van der Waals surface area contributed by atoms with Crippen molar-refractivity contribution < 1.29 is 0 Å². The fraction of sp³-hybridized carbons (Fsp3) is 0.167. The number of aryl methyl sites for hydroxylation is 1. The average Bonchev–Trinajstić information content (AvgIpc) is 2.57. The fourth-order valence-corrected chi connectivity index (χ4v) is 4.62. The minimum absolute atomic E-state index is 0.174. The molecule has 0 radical (unpaired) electrons. The monoisotopic (exact) mass is 456 g/mol. The third-order valence-corrected chi connectivity index (χ3v) is 6.51. The lowest BCUT2D eigenvalue weighted by atomic mass is 10.1. The lowest BCUT2D eigenvalue weighted by Crippen LogP contribution is -1.89. The number of rotatable bonds is 2. The second-order valence-corrected chi connectivity index (χ2v) is 8.03. The first-order valence-corrected chi connectivity index (χ1v) is 8.53. The molecule has 17 heavy (non-hydrogen) atoms. The topological polar surface area (TPSA) is 0 Å². The van der Waals surface area contributed by atoms with Gasteiger partial charge in [0.2, 0.25) is 0 Å². The van der Waals surface area contributed by atoms with E-state index in [0.29, 0.717) is 0 Å². The molecule has 0 aliphatic carbocycles. The van der Waals surface area contributed by atoms with Crippen LogP contribution < -0.4 is 0 Å². The predicted octanol–water partition coefficient (Wildman–Crippen LogP) is 6.72. The second kappa shape index (κ2) is 5.74. The van der Waals surface area contributed by atoms with Crippen LogP contribution in [0.25, 0.3) is 0 Å². The summed E-state index contributed by atoms with van der Waals surface area (Å²) in [6, 6.07) is 8.09. The highest BCUT2D eigenvalue weighted by Gasteiger charge is 2.15. The van der Waals surface area contributed by atoms with Crippen LogP contribution >= 0.6 is 70.7 Å². The molecule has 90 valence electrons. The molecule has 0 saturated carbocycles. The summed E-state index contributed by atoms with van der Waals surface area (Å²) in [5.74, 6) is 0. The van der Waals surface area contributed by atoms with Gasteiger partial charge < -0.3 is 0 Å². The third kappa shape index (κ3) is 3.35. The van der Waals surface area contributed by atoms with E-state index in [9.17, 15) is 0 Å². The molecule has 1 aromatic heterocycles. The van der Waals surface area contributed by atoms with Crippen molar-refractivity contribution in [1.29, 1.82) is 0 Å². The molecule has 0 fully saturated rings. The van der Waals surface area contributed by atoms with E-state index in [-0.39, 0.29) is 4.83 Å². The lowest BCUT2D eigenvalue weighted by Gasteiger charge is -2.09. The molecule has 0 spiro atoms. The molecule has 1 atom stereocenters. The Morgan fingerprint density at radius 3 is 2.41 bits per heavy atom. The molecule has 1 unspecified atom stereocenters. The SMILES string of the molecule is Cc1sc(C(Br)c2cc(Cl)cc(Br)c2)cc1Br. The molecule has 2 rings (SSSR count). The van der Waals surface area contributed by atoms with E-state index in [1.165, 1.54) is 9.75 Å². The quantitative estimate of drug-likeness (QED) is 0.438. The Morgan fingerprint density at radius 1 is 1.18 bits per heavy atom. The van der Waals surface area contributed by atoms with Gasteiger partial charge in [0, 0.05) is 23.7 Å². The Kier molecular flexibility index (Phi) is 4.75. The van der Waals surface area contributed by atoms with E-state index in [1.807, 2.05) is 12.1 Å². The maximum Gasteiger partial charge on any atom is 0.0739 e. The molecular formula is C12H8Br3ClS. The van der Waals surface area contributed by atoms with Crippen LogP contribution in [0.15, 0.2) is 33.2 Å². The molecule has 5 heteroatoms. The van der Waals surface area contributed by atoms with Crippen LogP contribution in [-0.2, 0) is 0 Å². The summed E-state index contributed by atoms with van der Waals surface area (Å²) in [5, 5.41) is 0.742. The first-order valence-electron chi connectivity index (χ1n) is 4.83. The first kappa shape index (κ1) is 14.1. The summed E-state index contributed by atoms with van der Waals surface area (Å²) >= 11 is 18.6. The van der Waals surface area contributed by atoms with Gasteiger partial charge in [0.25, 0.3) is 0 Å². The molecule has 1 aromatic carbocycles. The van der Waals surface area contributed by atoms with Gasteiger partial charge in [0.15, 0.2) is 0 Å². The molecule has 0 saturated heterocycles. The molecule has 0 aliphatic rings. The highest BCUT2D eigenvalue weighted by molar-refractivity contribution is 9.11. The highest BCUT2D eigenvalue weighted by Crippen LogP contribution is 2.40. The number of halogens is 4. The number of hydrogen-bond acceptors (Lipinski definition) is 1. The molecule has 0 N–H and O–H groups in total. The predicted molar refractivity (Wildman–Crippen MR) is 86.7 cm³/mol. The van der Waals surface area contributed by atoms with Gasteiger partial charge in [0.05, 0.1) is 4.83 Å². The minimum Gasteiger partial charge on any atom is -0.143 e. The van der Waals surface area contributed by atoms with Crippen LogP contribution in [0.1, 0.15) is 20.1 Å². The summed E-state index contributed by atoms with van der Waals surface area (Å²) < 4.78 is 2.15. The molecule has 0 nitrogen and oxygen atoms in total. The number of hydrogen-bond donors (Lipinski definition) is 0. The van der Waals surface area contributed by atoms with E-state index in [1.54, 1.807) is 11.3 Å². The Hall–Kier alpha value is 0.650.